The second kappa shape index (κ2) is 4.72. The molecule has 1 heterocycles. The van der Waals surface area contributed by atoms with E-state index in [0.717, 1.165) is 0 Å². The number of aromatic nitrogens is 2. The summed E-state index contributed by atoms with van der Waals surface area (Å²) in [6.45, 7) is 6.08. The molecule has 0 aromatic carbocycles. The van der Waals surface area contributed by atoms with Gasteiger partial charge in [0.05, 0.1) is 6.20 Å². The standard InChI is InChI=1S/C10H15N3O2/c1-6(2)7(3)12-9-8(10(14)15)4-5-11-13-9/h4-7H,1-3H3,(H,12,13)(H,14,15). The van der Waals surface area contributed by atoms with E-state index in [4.69, 9.17) is 5.11 Å². The van der Waals surface area contributed by atoms with Gasteiger partial charge in [-0.25, -0.2) is 4.79 Å². The number of rotatable bonds is 4. The Balaban J connectivity index is 2.89. The molecular weight excluding hydrogens is 194 g/mol. The first-order chi connectivity index (χ1) is 7.02. The predicted molar refractivity (Wildman–Crippen MR) is 56.9 cm³/mol. The molecule has 1 aromatic rings. The summed E-state index contributed by atoms with van der Waals surface area (Å²) < 4.78 is 0. The molecule has 0 aliphatic rings. The van der Waals surface area contributed by atoms with Crippen LogP contribution >= 0.6 is 0 Å². The van der Waals surface area contributed by atoms with Crippen LogP contribution in [0.5, 0.6) is 0 Å². The van der Waals surface area contributed by atoms with Gasteiger partial charge in [0, 0.05) is 6.04 Å². The molecule has 5 heteroatoms. The zero-order chi connectivity index (χ0) is 11.4. The van der Waals surface area contributed by atoms with E-state index in [2.05, 4.69) is 29.4 Å². The van der Waals surface area contributed by atoms with Crippen LogP contribution in [0, 0.1) is 5.92 Å². The van der Waals surface area contributed by atoms with Crippen molar-refractivity contribution in [2.45, 2.75) is 26.8 Å². The van der Waals surface area contributed by atoms with E-state index in [1.807, 2.05) is 6.92 Å². The molecule has 0 spiro atoms. The molecule has 1 rings (SSSR count). The molecule has 0 saturated heterocycles. The van der Waals surface area contributed by atoms with E-state index >= 15 is 0 Å². The minimum absolute atomic E-state index is 0.150. The van der Waals surface area contributed by atoms with Crippen molar-refractivity contribution in [2.24, 2.45) is 5.92 Å². The van der Waals surface area contributed by atoms with Gasteiger partial charge in [0.15, 0.2) is 5.82 Å². The van der Waals surface area contributed by atoms with Crippen LogP contribution in [-0.2, 0) is 0 Å². The fourth-order valence-electron chi connectivity index (χ4n) is 0.993. The van der Waals surface area contributed by atoms with Gasteiger partial charge in [-0.2, -0.15) is 5.10 Å². The topological polar surface area (TPSA) is 75.1 Å². The summed E-state index contributed by atoms with van der Waals surface area (Å²) >= 11 is 0. The number of nitrogens with one attached hydrogen (secondary N) is 1. The summed E-state index contributed by atoms with van der Waals surface area (Å²) in [5, 5.41) is 19.4. The third-order valence-electron chi connectivity index (χ3n) is 2.32. The van der Waals surface area contributed by atoms with E-state index < -0.39 is 5.97 Å². The number of hydrogen-bond donors (Lipinski definition) is 2. The number of carbonyl (C=O) groups is 1. The molecule has 0 bridgehead atoms. The molecule has 2 N–H and O–H groups in total. The molecule has 0 aliphatic heterocycles. The lowest BCUT2D eigenvalue weighted by Crippen LogP contribution is -2.23. The molecule has 82 valence electrons. The molecule has 1 aromatic heterocycles. The van der Waals surface area contributed by atoms with E-state index in [0.29, 0.717) is 11.7 Å². The second-order valence-electron chi connectivity index (χ2n) is 3.78. The molecule has 0 radical (unpaired) electrons. The Morgan fingerprint density at radius 1 is 1.47 bits per heavy atom. The van der Waals surface area contributed by atoms with E-state index in [1.165, 1.54) is 12.3 Å². The van der Waals surface area contributed by atoms with Crippen LogP contribution in [0.3, 0.4) is 0 Å². The van der Waals surface area contributed by atoms with Gasteiger partial charge in [0.25, 0.3) is 0 Å². The Kier molecular flexibility index (Phi) is 3.60. The predicted octanol–water partition coefficient (Wildman–Crippen LogP) is 1.63. The van der Waals surface area contributed by atoms with Crippen LogP contribution in [-0.4, -0.2) is 27.3 Å². The van der Waals surface area contributed by atoms with Gasteiger partial charge in [-0.1, -0.05) is 13.8 Å². The number of anilines is 1. The average molecular weight is 209 g/mol. The first kappa shape index (κ1) is 11.4. The van der Waals surface area contributed by atoms with Crippen LogP contribution in [0.4, 0.5) is 5.82 Å². The van der Waals surface area contributed by atoms with E-state index in [1.54, 1.807) is 0 Å². The highest BCUT2D eigenvalue weighted by molar-refractivity contribution is 5.92. The lowest BCUT2D eigenvalue weighted by atomic mass is 10.1. The molecule has 1 unspecified atom stereocenters. The Morgan fingerprint density at radius 3 is 2.67 bits per heavy atom. The highest BCUT2D eigenvalue weighted by Crippen LogP contribution is 2.14. The number of nitrogens with zero attached hydrogens (tertiary/aromatic N) is 2. The van der Waals surface area contributed by atoms with Crippen molar-refractivity contribution >= 4 is 11.8 Å². The summed E-state index contributed by atoms with van der Waals surface area (Å²) in [5.74, 6) is -0.275. The third kappa shape index (κ3) is 2.90. The molecule has 5 nitrogen and oxygen atoms in total. The van der Waals surface area contributed by atoms with Gasteiger partial charge in [0.1, 0.15) is 5.56 Å². The zero-order valence-corrected chi connectivity index (χ0v) is 9.06. The second-order valence-corrected chi connectivity index (χ2v) is 3.78. The van der Waals surface area contributed by atoms with Crippen LogP contribution in [0.1, 0.15) is 31.1 Å². The van der Waals surface area contributed by atoms with Gasteiger partial charge in [-0.3, -0.25) is 0 Å². The molecule has 1 atom stereocenters. The molecular formula is C10H15N3O2. The van der Waals surface area contributed by atoms with Crippen molar-refractivity contribution < 1.29 is 9.90 Å². The van der Waals surface area contributed by atoms with Crippen LogP contribution in [0.15, 0.2) is 12.3 Å². The van der Waals surface area contributed by atoms with Crippen molar-refractivity contribution in [2.75, 3.05) is 5.32 Å². The fourth-order valence-corrected chi connectivity index (χ4v) is 0.993. The van der Waals surface area contributed by atoms with Gasteiger partial charge < -0.3 is 10.4 Å². The minimum atomic E-state index is -0.997. The average Bonchev–Trinajstić information content (AvgIpc) is 2.18. The molecule has 0 aliphatic carbocycles. The lowest BCUT2D eigenvalue weighted by Gasteiger charge is -2.18. The highest BCUT2D eigenvalue weighted by atomic mass is 16.4. The Hall–Kier alpha value is -1.65. The van der Waals surface area contributed by atoms with Crippen LogP contribution in [0.2, 0.25) is 0 Å². The largest absolute Gasteiger partial charge is 0.478 e. The van der Waals surface area contributed by atoms with Crippen molar-refractivity contribution in [3.05, 3.63) is 17.8 Å². The summed E-state index contributed by atoms with van der Waals surface area (Å²) in [7, 11) is 0. The quantitative estimate of drug-likeness (QED) is 0.788. The van der Waals surface area contributed by atoms with E-state index in [-0.39, 0.29) is 11.6 Å². The lowest BCUT2D eigenvalue weighted by molar-refractivity contribution is 0.0697. The normalized spacial score (nSPS) is 12.5. The van der Waals surface area contributed by atoms with Crippen molar-refractivity contribution in [1.29, 1.82) is 0 Å². The SMILES string of the molecule is CC(C)C(C)Nc1nnccc1C(=O)O. The van der Waals surface area contributed by atoms with Gasteiger partial charge >= 0.3 is 5.97 Å². The monoisotopic (exact) mass is 209 g/mol. The fraction of sp³-hybridized carbons (Fsp3) is 0.500. The summed E-state index contributed by atoms with van der Waals surface area (Å²) in [6.07, 6.45) is 1.37. The first-order valence-electron chi connectivity index (χ1n) is 4.84. The first-order valence-corrected chi connectivity index (χ1v) is 4.84. The Labute approximate surface area is 88.5 Å². The van der Waals surface area contributed by atoms with E-state index in [9.17, 15) is 4.79 Å². The number of carboxylic acid groups (broad SMARTS) is 1. The third-order valence-corrected chi connectivity index (χ3v) is 2.32. The maximum Gasteiger partial charge on any atom is 0.339 e. The van der Waals surface area contributed by atoms with Crippen LogP contribution < -0.4 is 5.32 Å². The molecule has 0 saturated carbocycles. The number of aromatic carboxylic acids is 1. The maximum absolute atomic E-state index is 10.9. The Bertz CT molecular complexity index is 352. The van der Waals surface area contributed by atoms with Crippen LogP contribution in [0.25, 0.3) is 0 Å². The summed E-state index contributed by atoms with van der Waals surface area (Å²) in [4.78, 5) is 10.9. The maximum atomic E-state index is 10.9. The van der Waals surface area contributed by atoms with Crippen molar-refractivity contribution in [3.8, 4) is 0 Å². The Morgan fingerprint density at radius 2 is 2.13 bits per heavy atom. The molecule has 15 heavy (non-hydrogen) atoms. The number of carboxylic acids is 1. The molecule has 0 fully saturated rings. The van der Waals surface area contributed by atoms with Gasteiger partial charge in [-0.15, -0.1) is 5.10 Å². The smallest absolute Gasteiger partial charge is 0.339 e. The van der Waals surface area contributed by atoms with Crippen molar-refractivity contribution in [1.82, 2.24) is 10.2 Å². The highest BCUT2D eigenvalue weighted by Gasteiger charge is 2.14. The van der Waals surface area contributed by atoms with Gasteiger partial charge in [-0.05, 0) is 18.9 Å². The summed E-state index contributed by atoms with van der Waals surface area (Å²) in [5.41, 5.74) is 0.150. The van der Waals surface area contributed by atoms with Crippen molar-refractivity contribution in [3.63, 3.8) is 0 Å². The number of hydrogen-bond acceptors (Lipinski definition) is 4. The van der Waals surface area contributed by atoms with Gasteiger partial charge in [0.2, 0.25) is 0 Å². The summed E-state index contributed by atoms with van der Waals surface area (Å²) in [6, 6.07) is 1.59. The molecule has 0 amide bonds. The minimum Gasteiger partial charge on any atom is -0.478 e. The zero-order valence-electron chi connectivity index (χ0n) is 9.06.